The first-order valence-corrected chi connectivity index (χ1v) is 4.62. The minimum atomic E-state index is -3.12. The van der Waals surface area contributed by atoms with Crippen molar-refractivity contribution in [1.82, 2.24) is 9.55 Å². The van der Waals surface area contributed by atoms with Crippen LogP contribution in [-0.2, 0) is 6.61 Å². The quantitative estimate of drug-likeness (QED) is 0.878. The van der Waals surface area contributed by atoms with Crippen molar-refractivity contribution in [3.63, 3.8) is 0 Å². The van der Waals surface area contributed by atoms with Crippen molar-refractivity contribution in [3.8, 4) is 0 Å². The summed E-state index contributed by atoms with van der Waals surface area (Å²) < 4.78 is 38.5. The molecule has 0 spiro atoms. The number of fused-ring (bicyclic) bond motifs is 1. The number of hydrogen-bond acceptors (Lipinski definition) is 2. The Morgan fingerprint density at radius 1 is 1.31 bits per heavy atom. The molecule has 0 fully saturated rings. The summed E-state index contributed by atoms with van der Waals surface area (Å²) >= 11 is 0. The lowest BCUT2D eigenvalue weighted by molar-refractivity contribution is 0.0102. The minimum Gasteiger partial charge on any atom is -0.392 e. The zero-order valence-corrected chi connectivity index (χ0v) is 8.15. The van der Waals surface area contributed by atoms with Crippen LogP contribution in [0.5, 0.6) is 0 Å². The second kappa shape index (κ2) is 4.13. The molecule has 0 aliphatic carbocycles. The number of rotatable bonds is 3. The minimum absolute atomic E-state index is 0.206. The Hall–Kier alpha value is -1.56. The molecule has 1 heterocycles. The maximum Gasteiger partial charge on any atom is 0.288 e. The van der Waals surface area contributed by atoms with Crippen molar-refractivity contribution in [2.45, 2.75) is 19.3 Å². The van der Waals surface area contributed by atoms with Gasteiger partial charge in [0, 0.05) is 5.56 Å². The Bertz CT molecular complexity index is 498. The lowest BCUT2D eigenvalue weighted by Crippen LogP contribution is -2.12. The average Bonchev–Trinajstić information content (AvgIpc) is 2.71. The van der Waals surface area contributed by atoms with Crippen molar-refractivity contribution >= 4 is 11.0 Å². The Morgan fingerprint density at radius 3 is 2.69 bits per heavy atom. The fourth-order valence-corrected chi connectivity index (χ4v) is 1.60. The van der Waals surface area contributed by atoms with Gasteiger partial charge in [-0.1, -0.05) is 12.1 Å². The number of nitrogens with zero attached hydrogens (tertiary/aromatic N) is 2. The van der Waals surface area contributed by atoms with Crippen molar-refractivity contribution < 1.29 is 18.3 Å². The van der Waals surface area contributed by atoms with Crippen LogP contribution in [-0.4, -0.2) is 21.1 Å². The Labute approximate surface area is 89.1 Å². The molecular formula is C10H9F3N2O. The summed E-state index contributed by atoms with van der Waals surface area (Å²) in [6.45, 7) is -0.348. The molecule has 6 heteroatoms. The summed E-state index contributed by atoms with van der Waals surface area (Å²) in [4.78, 5) is 3.81. The molecule has 3 nitrogen and oxygen atoms in total. The molecule has 0 bridgehead atoms. The highest BCUT2D eigenvalue weighted by molar-refractivity contribution is 5.79. The van der Waals surface area contributed by atoms with E-state index in [1.54, 1.807) is 18.2 Å². The first-order chi connectivity index (χ1) is 7.65. The number of para-hydroxylation sites is 1. The van der Waals surface area contributed by atoms with Crippen LogP contribution in [0.2, 0.25) is 0 Å². The molecule has 86 valence electrons. The number of imidazole rings is 1. The van der Waals surface area contributed by atoms with Crippen LogP contribution in [0.15, 0.2) is 24.5 Å². The molecule has 0 aliphatic rings. The van der Waals surface area contributed by atoms with Crippen LogP contribution < -0.4 is 0 Å². The number of alkyl halides is 3. The van der Waals surface area contributed by atoms with Gasteiger partial charge in [0.2, 0.25) is 6.30 Å². The normalized spacial score (nSPS) is 13.6. The third-order valence-corrected chi connectivity index (χ3v) is 2.32. The zero-order valence-electron chi connectivity index (χ0n) is 8.15. The van der Waals surface area contributed by atoms with Gasteiger partial charge in [-0.25, -0.2) is 18.2 Å². The van der Waals surface area contributed by atoms with Crippen molar-refractivity contribution in [2.75, 3.05) is 0 Å². The van der Waals surface area contributed by atoms with Gasteiger partial charge in [-0.2, -0.15) is 0 Å². The molecule has 1 N–H and O–H groups in total. The third kappa shape index (κ3) is 1.65. The molecule has 16 heavy (non-hydrogen) atoms. The number of hydrogen-bond donors (Lipinski definition) is 1. The monoisotopic (exact) mass is 230 g/mol. The molecule has 0 radical (unpaired) electrons. The standard InChI is InChI=1S/C10H9F3N2O/c11-9(12)10(13)15-5-14-7-3-1-2-6(4-16)8(7)15/h1-3,5,9-10,16H,4H2. The second-order valence-corrected chi connectivity index (χ2v) is 3.30. The summed E-state index contributed by atoms with van der Waals surface area (Å²) in [5, 5.41) is 9.05. The molecule has 2 aromatic rings. The molecule has 0 aliphatic heterocycles. The Balaban J connectivity index is 2.62. The predicted molar refractivity (Wildman–Crippen MR) is 51.8 cm³/mol. The molecule has 0 amide bonds. The summed E-state index contributed by atoms with van der Waals surface area (Å²) in [6.07, 6.45) is -4.55. The van der Waals surface area contributed by atoms with Crippen LogP contribution in [0.4, 0.5) is 13.2 Å². The summed E-state index contributed by atoms with van der Waals surface area (Å²) in [7, 11) is 0. The van der Waals surface area contributed by atoms with Gasteiger partial charge >= 0.3 is 0 Å². The maximum atomic E-state index is 13.2. The number of aromatic nitrogens is 2. The molecule has 1 unspecified atom stereocenters. The average molecular weight is 230 g/mol. The zero-order chi connectivity index (χ0) is 11.7. The molecule has 1 atom stereocenters. The van der Waals surface area contributed by atoms with Crippen LogP contribution in [0.3, 0.4) is 0 Å². The van der Waals surface area contributed by atoms with Crippen molar-refractivity contribution in [1.29, 1.82) is 0 Å². The van der Waals surface area contributed by atoms with Gasteiger partial charge < -0.3 is 5.11 Å². The van der Waals surface area contributed by atoms with E-state index >= 15 is 0 Å². The summed E-state index contributed by atoms with van der Waals surface area (Å²) in [5.41, 5.74) is 0.964. The van der Waals surface area contributed by atoms with Crippen molar-refractivity contribution in [2.24, 2.45) is 0 Å². The van der Waals surface area contributed by atoms with Gasteiger partial charge in [0.15, 0.2) is 0 Å². The van der Waals surface area contributed by atoms with Crippen molar-refractivity contribution in [3.05, 3.63) is 30.1 Å². The lowest BCUT2D eigenvalue weighted by atomic mass is 10.2. The maximum absolute atomic E-state index is 13.2. The van der Waals surface area contributed by atoms with Gasteiger partial charge in [-0.3, -0.25) is 4.57 Å². The van der Waals surface area contributed by atoms with Crippen LogP contribution >= 0.6 is 0 Å². The number of benzene rings is 1. The van der Waals surface area contributed by atoms with Gasteiger partial charge in [-0.15, -0.1) is 0 Å². The Morgan fingerprint density at radius 2 is 2.06 bits per heavy atom. The molecule has 0 saturated heterocycles. The van der Waals surface area contributed by atoms with E-state index in [2.05, 4.69) is 4.98 Å². The highest BCUT2D eigenvalue weighted by Crippen LogP contribution is 2.26. The first kappa shape index (κ1) is 10.9. The highest BCUT2D eigenvalue weighted by Gasteiger charge is 2.23. The van der Waals surface area contributed by atoms with Crippen LogP contribution in [0.1, 0.15) is 11.9 Å². The van der Waals surface area contributed by atoms with E-state index in [0.29, 0.717) is 11.1 Å². The fraction of sp³-hybridized carbons (Fsp3) is 0.300. The van der Waals surface area contributed by atoms with E-state index in [0.717, 1.165) is 10.9 Å². The van der Waals surface area contributed by atoms with Gasteiger partial charge in [0.05, 0.1) is 24.0 Å². The van der Waals surface area contributed by atoms with E-state index in [9.17, 15) is 13.2 Å². The number of aliphatic hydroxyl groups is 1. The van der Waals surface area contributed by atoms with Crippen LogP contribution in [0, 0.1) is 0 Å². The first-order valence-electron chi connectivity index (χ1n) is 4.62. The van der Waals surface area contributed by atoms with E-state index in [1.165, 1.54) is 0 Å². The fourth-order valence-electron chi connectivity index (χ4n) is 1.60. The third-order valence-electron chi connectivity index (χ3n) is 2.32. The van der Waals surface area contributed by atoms with E-state index in [4.69, 9.17) is 5.11 Å². The smallest absolute Gasteiger partial charge is 0.288 e. The van der Waals surface area contributed by atoms with E-state index in [-0.39, 0.29) is 12.1 Å². The lowest BCUT2D eigenvalue weighted by Gasteiger charge is -2.11. The molecular weight excluding hydrogens is 221 g/mol. The van der Waals surface area contributed by atoms with E-state index in [1.807, 2.05) is 0 Å². The molecule has 1 aromatic heterocycles. The molecule has 2 rings (SSSR count). The summed E-state index contributed by atoms with van der Waals surface area (Å²) in [6, 6.07) is 4.74. The van der Waals surface area contributed by atoms with Gasteiger partial charge in [0.1, 0.15) is 0 Å². The SMILES string of the molecule is OCc1cccc2ncn(C(F)C(F)F)c12. The van der Waals surface area contributed by atoms with Crippen LogP contribution in [0.25, 0.3) is 11.0 Å². The summed E-state index contributed by atoms with van der Waals surface area (Å²) in [5.74, 6) is 0. The Kier molecular flexibility index (Phi) is 2.82. The molecule has 0 saturated carbocycles. The van der Waals surface area contributed by atoms with E-state index < -0.39 is 12.7 Å². The predicted octanol–water partition coefficient (Wildman–Crippen LogP) is 2.26. The van der Waals surface area contributed by atoms with Gasteiger partial charge in [0.25, 0.3) is 6.43 Å². The second-order valence-electron chi connectivity index (χ2n) is 3.30. The largest absolute Gasteiger partial charge is 0.392 e. The number of halogens is 3. The number of aliphatic hydroxyl groups excluding tert-OH is 1. The highest BCUT2D eigenvalue weighted by atomic mass is 19.3. The van der Waals surface area contributed by atoms with Gasteiger partial charge in [-0.05, 0) is 6.07 Å². The molecule has 1 aromatic carbocycles. The topological polar surface area (TPSA) is 38.1 Å².